The normalized spacial score (nSPS) is 16.2. The summed E-state index contributed by atoms with van der Waals surface area (Å²) in [6.07, 6.45) is 0.936. The molecule has 4 atom stereocenters. The van der Waals surface area contributed by atoms with Crippen molar-refractivity contribution < 1.29 is 28.7 Å². The molecule has 1 aromatic carbocycles. The van der Waals surface area contributed by atoms with Crippen LogP contribution in [0.2, 0.25) is 0 Å². The Morgan fingerprint density at radius 2 is 1.55 bits per heavy atom. The van der Waals surface area contributed by atoms with Crippen LogP contribution < -0.4 is 21.3 Å². The number of amides is 4. The molecule has 0 aromatic heterocycles. The molecule has 2 rings (SSSR count). The molecule has 42 heavy (non-hydrogen) atoms. The maximum Gasteiger partial charge on any atom is 0.408 e. The van der Waals surface area contributed by atoms with E-state index in [1.165, 1.54) is 0 Å². The number of carbonyl (C=O) groups is 5. The molecule has 14 heteroatoms. The first-order valence-corrected chi connectivity index (χ1v) is 13.0. The van der Waals surface area contributed by atoms with Crippen molar-refractivity contribution in [2.24, 2.45) is 16.7 Å². The Morgan fingerprint density at radius 1 is 0.952 bits per heavy atom. The first kappa shape index (κ1) is 44.4. The standard InChI is InChI=1S/C28H42N4O6.4H2S/c1-27(2,3)15-21(24(35)30-20(16-33)14-19-12-13-29-23(19)34)31-25(36)22(28(4,5)6)32-26(37)38-17-18-10-8-7-9-11-18;;;;/h7-11,16,19-22H,12-15,17H2,1-6H3,(H,29,34)(H,30,35)(H,31,36)(H,32,37);4*1H2/t19-,20-,21-,22+;;;;/m0..../s1. The highest BCUT2D eigenvalue weighted by Crippen LogP contribution is 2.24. The molecule has 1 aliphatic rings. The average molecular weight is 667 g/mol. The number of benzene rings is 1. The average Bonchev–Trinajstić information content (AvgIpc) is 3.23. The lowest BCUT2D eigenvalue weighted by Crippen LogP contribution is -2.59. The molecular weight excluding hydrogens is 617 g/mol. The molecule has 0 radical (unpaired) electrons. The van der Waals surface area contributed by atoms with Crippen LogP contribution in [0.3, 0.4) is 0 Å². The number of aldehydes is 1. The minimum atomic E-state index is -0.995. The minimum Gasteiger partial charge on any atom is -0.445 e. The van der Waals surface area contributed by atoms with Crippen molar-refractivity contribution in [1.82, 2.24) is 21.3 Å². The summed E-state index contributed by atoms with van der Waals surface area (Å²) in [7, 11) is 0. The number of hydrogen-bond acceptors (Lipinski definition) is 6. The Kier molecular flexibility index (Phi) is 21.2. The maximum atomic E-state index is 13.4. The molecule has 1 heterocycles. The van der Waals surface area contributed by atoms with Crippen molar-refractivity contribution in [3.63, 3.8) is 0 Å². The van der Waals surface area contributed by atoms with Crippen LogP contribution in [0.1, 0.15) is 66.4 Å². The van der Waals surface area contributed by atoms with E-state index in [2.05, 4.69) is 21.3 Å². The molecule has 4 N–H and O–H groups in total. The zero-order valence-corrected chi connectivity index (χ0v) is 29.3. The van der Waals surface area contributed by atoms with Crippen molar-refractivity contribution in [2.75, 3.05) is 6.54 Å². The molecule has 4 amide bonds. The first-order chi connectivity index (χ1) is 17.7. The van der Waals surface area contributed by atoms with Crippen LogP contribution in [0.15, 0.2) is 30.3 Å². The summed E-state index contributed by atoms with van der Waals surface area (Å²) in [5.41, 5.74) is -0.225. The van der Waals surface area contributed by atoms with Crippen LogP contribution in [0.25, 0.3) is 0 Å². The van der Waals surface area contributed by atoms with Gasteiger partial charge in [-0.1, -0.05) is 71.9 Å². The van der Waals surface area contributed by atoms with Crippen LogP contribution in [-0.2, 0) is 30.5 Å². The lowest BCUT2D eigenvalue weighted by Gasteiger charge is -2.33. The Hall–Kier alpha value is -2.03. The molecular formula is C28H50N4O6S4. The SMILES string of the molecule is CC(C)(C)C[C@H](NC(=O)[C@@H](NC(=O)OCc1ccccc1)C(C)(C)C)C(=O)N[C@H](C=O)C[C@@H]1CCNC1=O.S.S.S.S. The summed E-state index contributed by atoms with van der Waals surface area (Å²) in [6.45, 7) is 11.8. The van der Waals surface area contributed by atoms with Gasteiger partial charge in [0.05, 0.1) is 6.04 Å². The molecule has 10 nitrogen and oxygen atoms in total. The molecule has 1 aliphatic heterocycles. The molecule has 0 unspecified atom stereocenters. The van der Waals surface area contributed by atoms with Gasteiger partial charge < -0.3 is 30.8 Å². The van der Waals surface area contributed by atoms with Gasteiger partial charge in [-0.25, -0.2) is 4.79 Å². The fourth-order valence-electron chi connectivity index (χ4n) is 4.24. The van der Waals surface area contributed by atoms with Crippen LogP contribution in [0.4, 0.5) is 4.79 Å². The first-order valence-electron chi connectivity index (χ1n) is 13.0. The Labute approximate surface area is 277 Å². The third-order valence-electron chi connectivity index (χ3n) is 6.25. The van der Waals surface area contributed by atoms with Gasteiger partial charge in [-0.3, -0.25) is 14.4 Å². The van der Waals surface area contributed by atoms with Gasteiger partial charge in [-0.05, 0) is 35.7 Å². The van der Waals surface area contributed by atoms with E-state index in [1.54, 1.807) is 20.8 Å². The quantitative estimate of drug-likeness (QED) is 0.268. The second kappa shape index (κ2) is 20.0. The van der Waals surface area contributed by atoms with Crippen molar-refractivity contribution in [3.8, 4) is 0 Å². The van der Waals surface area contributed by atoms with E-state index in [-0.39, 0.29) is 90.7 Å². The van der Waals surface area contributed by atoms with Gasteiger partial charge in [0.25, 0.3) is 0 Å². The van der Waals surface area contributed by atoms with E-state index in [0.29, 0.717) is 19.3 Å². The Balaban J connectivity index is -0.00000380. The number of alkyl carbamates (subject to hydrolysis) is 1. The Bertz CT molecular complexity index is 1000. The zero-order chi connectivity index (χ0) is 28.5. The highest BCUT2D eigenvalue weighted by atomic mass is 32.1. The predicted octanol–water partition coefficient (Wildman–Crippen LogP) is 2.91. The van der Waals surface area contributed by atoms with Gasteiger partial charge in [0.1, 0.15) is 25.0 Å². The number of hydrogen-bond donors (Lipinski definition) is 4. The summed E-state index contributed by atoms with van der Waals surface area (Å²) in [5, 5.41) is 10.8. The minimum absolute atomic E-state index is 0. The predicted molar refractivity (Wildman–Crippen MR) is 184 cm³/mol. The fourth-order valence-corrected chi connectivity index (χ4v) is 4.24. The van der Waals surface area contributed by atoms with E-state index in [1.807, 2.05) is 51.1 Å². The van der Waals surface area contributed by atoms with Gasteiger partial charge in [0.15, 0.2) is 0 Å². The van der Waals surface area contributed by atoms with Crippen molar-refractivity contribution in [2.45, 2.75) is 85.5 Å². The zero-order valence-electron chi connectivity index (χ0n) is 25.3. The largest absolute Gasteiger partial charge is 0.445 e. The van der Waals surface area contributed by atoms with Crippen LogP contribution in [0, 0.1) is 16.7 Å². The van der Waals surface area contributed by atoms with Gasteiger partial charge in [0, 0.05) is 12.5 Å². The van der Waals surface area contributed by atoms with Gasteiger partial charge in [-0.2, -0.15) is 54.0 Å². The maximum absolute atomic E-state index is 13.4. The third-order valence-corrected chi connectivity index (χ3v) is 6.25. The molecule has 0 aliphatic carbocycles. The molecule has 242 valence electrons. The second-order valence-electron chi connectivity index (χ2n) is 12.1. The van der Waals surface area contributed by atoms with E-state index >= 15 is 0 Å². The smallest absolute Gasteiger partial charge is 0.408 e. The van der Waals surface area contributed by atoms with E-state index < -0.39 is 41.4 Å². The summed E-state index contributed by atoms with van der Waals surface area (Å²) in [6, 6.07) is 6.35. The number of rotatable bonds is 11. The molecule has 0 bridgehead atoms. The third kappa shape index (κ3) is 15.4. The highest BCUT2D eigenvalue weighted by Gasteiger charge is 2.37. The molecule has 0 saturated carbocycles. The van der Waals surface area contributed by atoms with E-state index in [0.717, 1.165) is 5.56 Å². The lowest BCUT2D eigenvalue weighted by molar-refractivity contribution is -0.133. The molecule has 1 saturated heterocycles. The van der Waals surface area contributed by atoms with E-state index in [4.69, 9.17) is 4.74 Å². The van der Waals surface area contributed by atoms with Crippen molar-refractivity contribution in [3.05, 3.63) is 35.9 Å². The topological polar surface area (TPSA) is 143 Å². The monoisotopic (exact) mass is 666 g/mol. The van der Waals surface area contributed by atoms with Crippen LogP contribution in [-0.4, -0.2) is 54.8 Å². The van der Waals surface area contributed by atoms with Gasteiger partial charge >= 0.3 is 6.09 Å². The van der Waals surface area contributed by atoms with Crippen LogP contribution in [0.5, 0.6) is 0 Å². The number of ether oxygens (including phenoxy) is 1. The van der Waals surface area contributed by atoms with Gasteiger partial charge in [0.2, 0.25) is 17.7 Å². The van der Waals surface area contributed by atoms with Crippen molar-refractivity contribution >= 4 is 84.1 Å². The van der Waals surface area contributed by atoms with E-state index in [9.17, 15) is 24.0 Å². The molecule has 1 fully saturated rings. The number of nitrogens with one attached hydrogen (secondary N) is 4. The van der Waals surface area contributed by atoms with Crippen molar-refractivity contribution in [1.29, 1.82) is 0 Å². The summed E-state index contributed by atoms with van der Waals surface area (Å²) >= 11 is 0. The van der Waals surface area contributed by atoms with Gasteiger partial charge in [-0.15, -0.1) is 0 Å². The lowest BCUT2D eigenvalue weighted by atomic mass is 9.84. The summed E-state index contributed by atoms with van der Waals surface area (Å²) in [5.74, 6) is -1.55. The molecule has 1 aromatic rings. The highest BCUT2D eigenvalue weighted by molar-refractivity contribution is 7.59. The Morgan fingerprint density at radius 3 is 2.02 bits per heavy atom. The molecule has 0 spiro atoms. The second-order valence-corrected chi connectivity index (χ2v) is 12.1. The van der Waals surface area contributed by atoms with Crippen LogP contribution >= 0.6 is 54.0 Å². The number of carbonyl (C=O) groups excluding carboxylic acids is 5. The summed E-state index contributed by atoms with van der Waals surface area (Å²) < 4.78 is 5.30. The summed E-state index contributed by atoms with van der Waals surface area (Å²) in [4.78, 5) is 62.8. The fraction of sp³-hybridized carbons (Fsp3) is 0.607.